The fraction of sp³-hybridized carbons (Fsp3) is 0. The molecule has 0 aliphatic rings. The topological polar surface area (TPSA) is 65.7 Å². The van der Waals surface area contributed by atoms with Crippen molar-refractivity contribution in [2.75, 3.05) is 0 Å². The fourth-order valence-electron chi connectivity index (χ4n) is 12.1. The van der Waals surface area contributed by atoms with Gasteiger partial charge >= 0.3 is 0 Å². The van der Waals surface area contributed by atoms with Crippen molar-refractivity contribution in [2.24, 2.45) is 0 Å². The summed E-state index contributed by atoms with van der Waals surface area (Å²) in [5.74, 6) is 0. The quantitative estimate of drug-likeness (QED) is 0.161. The van der Waals surface area contributed by atoms with Crippen LogP contribution in [0, 0.1) is 0 Å². The van der Waals surface area contributed by atoms with Crippen molar-refractivity contribution in [3.05, 3.63) is 324 Å². The van der Waals surface area contributed by atoms with E-state index >= 15 is 0 Å². The maximum absolute atomic E-state index is 13.6. The zero-order valence-electron chi connectivity index (χ0n) is 45.7. The molecule has 0 unspecified atom stereocenters. The average molecular weight is 1070 g/mol. The molecular formula is C80H52N2O2. The third-order valence-corrected chi connectivity index (χ3v) is 16.6. The van der Waals surface area contributed by atoms with Crippen LogP contribution in [0.4, 0.5) is 0 Å². The highest BCUT2D eigenvalue weighted by Crippen LogP contribution is 2.38. The third kappa shape index (κ3) is 9.58. The summed E-state index contributed by atoms with van der Waals surface area (Å²) in [6, 6.07) is 107. The lowest BCUT2D eigenvalue weighted by molar-refractivity contribution is 1.33. The first-order valence-corrected chi connectivity index (χ1v) is 28.4. The van der Waals surface area contributed by atoms with E-state index in [1.54, 1.807) is 24.3 Å². The van der Waals surface area contributed by atoms with E-state index in [0.717, 1.165) is 97.3 Å². The predicted molar refractivity (Wildman–Crippen MR) is 360 cm³/mol. The summed E-state index contributed by atoms with van der Waals surface area (Å²) in [6.45, 7) is 0. The largest absolute Gasteiger partial charge is 0.322 e. The van der Waals surface area contributed by atoms with E-state index in [-0.39, 0.29) is 11.1 Å². The lowest BCUT2D eigenvalue weighted by Crippen LogP contribution is -2.05. The van der Waals surface area contributed by atoms with Crippen molar-refractivity contribution >= 4 is 140 Å². The Kier molecular flexibility index (Phi) is 12.5. The molecule has 0 spiro atoms. The van der Waals surface area contributed by atoms with Crippen molar-refractivity contribution in [3.63, 3.8) is 0 Å². The smallest absolute Gasteiger partial charge is 0.255 e. The summed E-state index contributed by atoms with van der Waals surface area (Å²) in [6.07, 6.45) is 0. The molecule has 0 atom stereocenters. The first-order valence-electron chi connectivity index (χ1n) is 28.4. The Bertz CT molecular complexity index is 5370. The number of aromatic amines is 2. The third-order valence-electron chi connectivity index (χ3n) is 16.6. The van der Waals surface area contributed by atoms with E-state index in [0.29, 0.717) is 21.8 Å². The molecule has 4 heteroatoms. The van der Waals surface area contributed by atoms with E-state index in [2.05, 4.69) is 240 Å². The van der Waals surface area contributed by atoms with Gasteiger partial charge in [0.1, 0.15) is 0 Å². The van der Waals surface area contributed by atoms with Gasteiger partial charge in [-0.25, -0.2) is 0 Å². The zero-order chi connectivity index (χ0) is 56.1. The number of aromatic nitrogens is 2. The lowest BCUT2D eigenvalue weighted by Gasteiger charge is -2.12. The van der Waals surface area contributed by atoms with Crippen LogP contribution in [0.3, 0.4) is 0 Å². The molecule has 0 aliphatic heterocycles. The molecule has 84 heavy (non-hydrogen) atoms. The number of hydrogen-bond donors (Lipinski definition) is 2. The zero-order valence-corrected chi connectivity index (χ0v) is 45.7. The van der Waals surface area contributed by atoms with Crippen LogP contribution in [-0.4, -0.2) is 9.97 Å². The van der Waals surface area contributed by atoms with Crippen LogP contribution in [-0.2, 0) is 0 Å². The molecule has 14 aromatic carbocycles. The van der Waals surface area contributed by atoms with E-state index in [4.69, 9.17) is 0 Å². The van der Waals surface area contributed by atoms with Crippen LogP contribution < -0.4 is 11.1 Å². The number of H-pyrrole nitrogens is 2. The lowest BCUT2D eigenvalue weighted by atomic mass is 9.91. The van der Waals surface area contributed by atoms with Crippen LogP contribution in [0.25, 0.3) is 151 Å². The van der Waals surface area contributed by atoms with Crippen LogP contribution in [0.15, 0.2) is 313 Å². The molecular weight excluding hydrogens is 1020 g/mol. The molecule has 394 valence electrons. The van der Waals surface area contributed by atoms with Crippen LogP contribution in [0.1, 0.15) is 0 Å². The summed E-state index contributed by atoms with van der Waals surface area (Å²) in [5.41, 5.74) is 3.02. The van der Waals surface area contributed by atoms with Gasteiger partial charge in [0.2, 0.25) is 0 Å². The van der Waals surface area contributed by atoms with Gasteiger partial charge in [-0.2, -0.15) is 0 Å². The van der Waals surface area contributed by atoms with Gasteiger partial charge in [0.15, 0.2) is 0 Å². The number of rotatable bonds is 1. The van der Waals surface area contributed by atoms with Gasteiger partial charge in [-0.15, -0.1) is 0 Å². The van der Waals surface area contributed by atoms with Gasteiger partial charge in [-0.05, 0) is 221 Å². The van der Waals surface area contributed by atoms with Gasteiger partial charge in [-0.1, -0.05) is 212 Å². The van der Waals surface area contributed by atoms with Gasteiger partial charge in [0.05, 0.1) is 0 Å². The minimum atomic E-state index is -0.301. The summed E-state index contributed by atoms with van der Waals surface area (Å²) < 4.78 is 0. The minimum absolute atomic E-state index is 0.301. The molecule has 7 heterocycles. The highest BCUT2D eigenvalue weighted by atomic mass is 16.1. The van der Waals surface area contributed by atoms with E-state index < -0.39 is 0 Å². The Morgan fingerprint density at radius 1 is 0.167 bits per heavy atom. The highest BCUT2D eigenvalue weighted by Gasteiger charge is 2.11. The van der Waals surface area contributed by atoms with Crippen LogP contribution in [0.2, 0.25) is 0 Å². The number of fused-ring (bicyclic) bond motifs is 6. The molecule has 0 aliphatic carbocycles. The standard InChI is InChI=1S/C80H52N2O2/c83-79-66-18-9-19-67(46-66)80(84)82-72-39-34-56(35-40-72)60-13-6-11-58(43-60)52-26-30-54(31-27-52)62-15-8-17-64(45-62)69-47-68(48-70(49-69)65-36-41-77-75-22-2-1-20-73(75)74-21-3-4-23-76(74)78(77)50-65)63-16-7-14-61(44-63)53-28-24-51(25-29-53)57-10-5-12-59(42-57)55-32-37-71(81-79)38-33-55/h1-50H,(H,81,83)(H,82,84). The molecule has 0 saturated heterocycles. The number of nitrogens with one attached hydrogen (secondary N) is 2. The SMILES string of the molecule is O=c1[nH]c2ccc(cc2)c2cccc(c2)c2ccc(cc2)c2cccc(c2)c2cc(-c3ccc4c5ccccc5c5ccccc5c4c3)cc(c2)c2cccc(c2)c2ccc(cc2)c2cccc(c2)c2ccc(cc2)[nH]c(=O)c2cccc1c2. The molecule has 2 N–H and O–H groups in total. The van der Waals surface area contributed by atoms with Crippen molar-refractivity contribution in [3.8, 4) is 11.1 Å². The summed E-state index contributed by atoms with van der Waals surface area (Å²) in [5, 5.41) is 26.0. The number of benzene rings is 14. The van der Waals surface area contributed by atoms with Crippen molar-refractivity contribution in [1.82, 2.24) is 9.97 Å². The van der Waals surface area contributed by atoms with Crippen molar-refractivity contribution < 1.29 is 0 Å². The second kappa shape index (κ2) is 21.0. The Morgan fingerprint density at radius 3 is 0.774 bits per heavy atom. The molecule has 0 radical (unpaired) electrons. The average Bonchev–Trinajstić information content (AvgIpc) is 3.37. The number of hydrogen-bond acceptors (Lipinski definition) is 2. The van der Waals surface area contributed by atoms with Gasteiger partial charge in [-0.3, -0.25) is 9.59 Å². The second-order valence-corrected chi connectivity index (χ2v) is 21.8. The summed E-state index contributed by atoms with van der Waals surface area (Å²) in [4.78, 5) is 33.2. The summed E-state index contributed by atoms with van der Waals surface area (Å²) in [7, 11) is 0. The molecule has 21 aromatic rings. The Hall–Kier alpha value is -11.2. The first kappa shape index (κ1) is 49.8. The van der Waals surface area contributed by atoms with Crippen molar-refractivity contribution in [2.45, 2.75) is 0 Å². The maximum Gasteiger partial charge on any atom is 0.255 e. The Morgan fingerprint density at radius 2 is 0.429 bits per heavy atom. The fourth-order valence-corrected chi connectivity index (χ4v) is 12.1. The second-order valence-electron chi connectivity index (χ2n) is 21.8. The molecule has 0 saturated carbocycles. The van der Waals surface area contributed by atoms with E-state index in [1.807, 2.05) is 48.5 Å². The Balaban J connectivity index is 0.940. The predicted octanol–water partition coefficient (Wildman–Crippen LogP) is 20.8. The minimum Gasteiger partial charge on any atom is -0.322 e. The van der Waals surface area contributed by atoms with Crippen LogP contribution >= 0.6 is 0 Å². The maximum atomic E-state index is 13.6. The van der Waals surface area contributed by atoms with Gasteiger partial charge in [0, 0.05) is 21.8 Å². The molecule has 0 amide bonds. The molecule has 21 rings (SSSR count). The highest BCUT2D eigenvalue weighted by molar-refractivity contribution is 6.26. The normalized spacial score (nSPS) is 11.4. The Labute approximate surface area is 482 Å². The molecule has 0 fully saturated rings. The van der Waals surface area contributed by atoms with Gasteiger partial charge < -0.3 is 9.97 Å². The molecule has 4 nitrogen and oxygen atoms in total. The van der Waals surface area contributed by atoms with Gasteiger partial charge in [0.25, 0.3) is 11.1 Å². The first-order chi connectivity index (χ1) is 41.4. The monoisotopic (exact) mass is 1070 g/mol. The van der Waals surface area contributed by atoms with Crippen LogP contribution in [0.5, 0.6) is 0 Å². The molecule has 20 bridgehead atoms. The van der Waals surface area contributed by atoms with E-state index in [9.17, 15) is 9.59 Å². The molecule has 7 aromatic heterocycles. The van der Waals surface area contributed by atoms with Crippen molar-refractivity contribution in [1.29, 1.82) is 0 Å². The summed E-state index contributed by atoms with van der Waals surface area (Å²) >= 11 is 0. The van der Waals surface area contributed by atoms with E-state index in [1.165, 1.54) is 32.3 Å².